The van der Waals surface area contributed by atoms with E-state index in [9.17, 15) is 9.18 Å². The number of halogens is 1. The monoisotopic (exact) mass is 281 g/mol. The van der Waals surface area contributed by atoms with Crippen LogP contribution in [0, 0.1) is 5.82 Å². The summed E-state index contributed by atoms with van der Waals surface area (Å²) >= 11 is 1.34. The van der Waals surface area contributed by atoms with Crippen LogP contribution in [-0.2, 0) is 4.79 Å². The third-order valence-corrected chi connectivity index (χ3v) is 3.86. The van der Waals surface area contributed by atoms with Crippen molar-refractivity contribution in [2.75, 3.05) is 18.9 Å². The van der Waals surface area contributed by atoms with Gasteiger partial charge in [-0.3, -0.25) is 4.79 Å². The number of aromatic nitrogens is 1. The first-order valence-corrected chi connectivity index (χ1v) is 6.90. The number of carbonyl (C=O) groups is 1. The second-order valence-corrected chi connectivity index (χ2v) is 5.38. The first-order chi connectivity index (χ1) is 9.01. The zero-order valence-corrected chi connectivity index (χ0v) is 11.9. The predicted octanol–water partition coefficient (Wildman–Crippen LogP) is 2.71. The second kappa shape index (κ2) is 5.52. The van der Waals surface area contributed by atoms with Gasteiger partial charge in [-0.25, -0.2) is 9.37 Å². The van der Waals surface area contributed by atoms with Crippen molar-refractivity contribution in [3.05, 3.63) is 24.0 Å². The van der Waals surface area contributed by atoms with Crippen molar-refractivity contribution in [1.29, 1.82) is 0 Å². The molecular formula is C13H16FN3OS. The minimum Gasteiger partial charge on any atom is -0.350 e. The normalized spacial score (nSPS) is 12.4. The molecule has 0 radical (unpaired) electrons. The van der Waals surface area contributed by atoms with E-state index in [-0.39, 0.29) is 17.8 Å². The van der Waals surface area contributed by atoms with E-state index in [2.05, 4.69) is 10.3 Å². The summed E-state index contributed by atoms with van der Waals surface area (Å²) in [5.74, 6) is -0.273. The lowest BCUT2D eigenvalue weighted by Gasteiger charge is -2.20. The van der Waals surface area contributed by atoms with E-state index in [4.69, 9.17) is 0 Å². The molecule has 19 heavy (non-hydrogen) atoms. The lowest BCUT2D eigenvalue weighted by atomic mass is 10.3. The standard InChI is InChI=1S/C13H16FN3OS/c1-4-17(3)12(18)8(2)15-13-16-10-6-5-9(14)7-11(10)19-13/h5-8H,4H2,1-3H3,(H,15,16). The number of benzene rings is 1. The molecule has 1 aromatic heterocycles. The molecule has 102 valence electrons. The lowest BCUT2D eigenvalue weighted by molar-refractivity contribution is -0.130. The minimum absolute atomic E-state index is 0.00735. The fraction of sp³-hybridized carbons (Fsp3) is 0.385. The van der Waals surface area contributed by atoms with Gasteiger partial charge in [-0.15, -0.1) is 0 Å². The van der Waals surface area contributed by atoms with Gasteiger partial charge in [0.05, 0.1) is 10.2 Å². The number of hydrogen-bond acceptors (Lipinski definition) is 4. The van der Waals surface area contributed by atoms with Crippen molar-refractivity contribution in [2.45, 2.75) is 19.9 Å². The van der Waals surface area contributed by atoms with Crippen LogP contribution in [-0.4, -0.2) is 35.4 Å². The maximum atomic E-state index is 13.1. The Kier molecular flexibility index (Phi) is 3.99. The first-order valence-electron chi connectivity index (χ1n) is 6.09. The van der Waals surface area contributed by atoms with Gasteiger partial charge >= 0.3 is 0 Å². The third-order valence-electron chi connectivity index (χ3n) is 2.91. The molecule has 0 spiro atoms. The quantitative estimate of drug-likeness (QED) is 0.937. The topological polar surface area (TPSA) is 45.2 Å². The summed E-state index contributed by atoms with van der Waals surface area (Å²) < 4.78 is 13.9. The molecule has 0 aliphatic rings. The van der Waals surface area contributed by atoms with E-state index in [0.29, 0.717) is 11.7 Å². The number of nitrogens with one attached hydrogen (secondary N) is 1. The molecule has 2 aromatic rings. The number of amides is 1. The van der Waals surface area contributed by atoms with Crippen molar-refractivity contribution in [3.63, 3.8) is 0 Å². The van der Waals surface area contributed by atoms with Crippen LogP contribution in [0.3, 0.4) is 0 Å². The summed E-state index contributed by atoms with van der Waals surface area (Å²) in [6, 6.07) is 4.11. The van der Waals surface area contributed by atoms with E-state index >= 15 is 0 Å². The summed E-state index contributed by atoms with van der Waals surface area (Å²) in [5, 5.41) is 3.69. The van der Waals surface area contributed by atoms with Crippen LogP contribution in [0.1, 0.15) is 13.8 Å². The van der Waals surface area contributed by atoms with E-state index < -0.39 is 0 Å². The SMILES string of the molecule is CCN(C)C(=O)C(C)Nc1nc2ccc(F)cc2s1. The van der Waals surface area contributed by atoms with Crippen molar-refractivity contribution >= 4 is 32.6 Å². The number of carbonyl (C=O) groups excluding carboxylic acids is 1. The predicted molar refractivity (Wildman–Crippen MR) is 76.0 cm³/mol. The Morgan fingerprint density at radius 1 is 1.58 bits per heavy atom. The van der Waals surface area contributed by atoms with Gasteiger partial charge in [0.1, 0.15) is 11.9 Å². The van der Waals surface area contributed by atoms with Crippen LogP contribution in [0.5, 0.6) is 0 Å². The molecule has 0 aliphatic heterocycles. The maximum Gasteiger partial charge on any atom is 0.244 e. The third kappa shape index (κ3) is 3.01. The van der Waals surface area contributed by atoms with E-state index in [0.717, 1.165) is 10.2 Å². The molecule has 4 nitrogen and oxygen atoms in total. The molecule has 0 saturated heterocycles. The zero-order chi connectivity index (χ0) is 14.0. The van der Waals surface area contributed by atoms with Crippen LogP contribution in [0.25, 0.3) is 10.2 Å². The van der Waals surface area contributed by atoms with Gasteiger partial charge in [-0.2, -0.15) is 0 Å². The number of fused-ring (bicyclic) bond motifs is 1. The molecule has 1 N–H and O–H groups in total. The number of nitrogens with zero attached hydrogens (tertiary/aromatic N) is 2. The minimum atomic E-state index is -0.352. The van der Waals surface area contributed by atoms with Crippen LogP contribution in [0.15, 0.2) is 18.2 Å². The molecule has 6 heteroatoms. The number of rotatable bonds is 4. The Morgan fingerprint density at radius 2 is 2.32 bits per heavy atom. The summed E-state index contributed by atoms with van der Waals surface area (Å²) in [6.45, 7) is 4.38. The van der Waals surface area contributed by atoms with Crippen LogP contribution >= 0.6 is 11.3 Å². The summed E-state index contributed by atoms with van der Waals surface area (Å²) in [6.07, 6.45) is 0. The molecule has 0 fully saturated rings. The average molecular weight is 281 g/mol. The van der Waals surface area contributed by atoms with Crippen LogP contribution in [0.2, 0.25) is 0 Å². The Labute approximate surface area is 115 Å². The average Bonchev–Trinajstić information content (AvgIpc) is 2.77. The fourth-order valence-corrected chi connectivity index (χ4v) is 2.67. The highest BCUT2D eigenvalue weighted by Crippen LogP contribution is 2.26. The van der Waals surface area contributed by atoms with Gasteiger partial charge in [-0.1, -0.05) is 11.3 Å². The number of thiazole rings is 1. The van der Waals surface area contributed by atoms with Crippen LogP contribution < -0.4 is 5.32 Å². The van der Waals surface area contributed by atoms with E-state index in [1.165, 1.54) is 23.5 Å². The van der Waals surface area contributed by atoms with Gasteiger partial charge in [0.15, 0.2) is 5.13 Å². The highest BCUT2D eigenvalue weighted by molar-refractivity contribution is 7.22. The van der Waals surface area contributed by atoms with Gasteiger partial charge in [0.25, 0.3) is 0 Å². The molecule has 0 aliphatic carbocycles. The molecule has 1 heterocycles. The number of hydrogen-bond donors (Lipinski definition) is 1. The first kappa shape index (κ1) is 13.7. The van der Waals surface area contributed by atoms with Gasteiger partial charge in [0, 0.05) is 13.6 Å². The zero-order valence-electron chi connectivity index (χ0n) is 11.1. The molecule has 0 bridgehead atoms. The van der Waals surface area contributed by atoms with Crippen molar-refractivity contribution in [2.24, 2.45) is 0 Å². The fourth-order valence-electron chi connectivity index (χ4n) is 1.69. The van der Waals surface area contributed by atoms with Crippen molar-refractivity contribution in [1.82, 2.24) is 9.88 Å². The van der Waals surface area contributed by atoms with Crippen molar-refractivity contribution in [3.8, 4) is 0 Å². The largest absolute Gasteiger partial charge is 0.350 e. The summed E-state index contributed by atoms with van der Waals surface area (Å²) in [4.78, 5) is 17.9. The number of anilines is 1. The molecule has 2 rings (SSSR count). The van der Waals surface area contributed by atoms with E-state index in [1.807, 2.05) is 6.92 Å². The molecule has 1 aromatic carbocycles. The Hall–Kier alpha value is -1.69. The Bertz CT molecular complexity index is 599. The smallest absolute Gasteiger partial charge is 0.244 e. The van der Waals surface area contributed by atoms with Crippen molar-refractivity contribution < 1.29 is 9.18 Å². The highest BCUT2D eigenvalue weighted by atomic mass is 32.1. The molecular weight excluding hydrogens is 265 g/mol. The van der Waals surface area contributed by atoms with Gasteiger partial charge in [-0.05, 0) is 32.0 Å². The lowest BCUT2D eigenvalue weighted by Crippen LogP contribution is -2.38. The van der Waals surface area contributed by atoms with Gasteiger partial charge in [0.2, 0.25) is 5.91 Å². The Balaban J connectivity index is 2.15. The second-order valence-electron chi connectivity index (χ2n) is 4.35. The van der Waals surface area contributed by atoms with E-state index in [1.54, 1.807) is 24.9 Å². The van der Waals surface area contributed by atoms with Gasteiger partial charge < -0.3 is 10.2 Å². The molecule has 1 atom stereocenters. The maximum absolute atomic E-state index is 13.1. The number of likely N-dealkylation sites (N-methyl/N-ethyl adjacent to an activating group) is 1. The Morgan fingerprint density at radius 3 is 3.00 bits per heavy atom. The summed E-state index contributed by atoms with van der Waals surface area (Å²) in [7, 11) is 1.76. The highest BCUT2D eigenvalue weighted by Gasteiger charge is 2.17. The van der Waals surface area contributed by atoms with Crippen LogP contribution in [0.4, 0.5) is 9.52 Å². The summed E-state index contributed by atoms with van der Waals surface area (Å²) in [5.41, 5.74) is 0.734. The molecule has 0 saturated carbocycles. The molecule has 1 unspecified atom stereocenters. The molecule has 1 amide bonds.